The van der Waals surface area contributed by atoms with Crippen molar-refractivity contribution < 1.29 is 28.3 Å². The lowest BCUT2D eigenvalue weighted by atomic mass is 10.0. The fraction of sp³-hybridized carbons (Fsp3) is 0.167. The smallest absolute Gasteiger partial charge is 0.326 e. The van der Waals surface area contributed by atoms with E-state index in [4.69, 9.17) is 13.6 Å². The zero-order valence-electron chi connectivity index (χ0n) is 17.0. The number of benzene rings is 2. The van der Waals surface area contributed by atoms with Crippen molar-refractivity contribution in [1.82, 2.24) is 5.32 Å². The van der Waals surface area contributed by atoms with Gasteiger partial charge in [-0.05, 0) is 48.9 Å². The van der Waals surface area contributed by atoms with Crippen LogP contribution in [0.3, 0.4) is 0 Å². The molecule has 2 heterocycles. The van der Waals surface area contributed by atoms with Crippen LogP contribution in [0, 0.1) is 6.92 Å². The van der Waals surface area contributed by atoms with E-state index >= 15 is 0 Å². The van der Waals surface area contributed by atoms with E-state index in [-0.39, 0.29) is 12.2 Å². The summed E-state index contributed by atoms with van der Waals surface area (Å²) in [5.41, 5.74) is 2.18. The summed E-state index contributed by atoms with van der Waals surface area (Å²) < 4.78 is 16.3. The molecule has 1 unspecified atom stereocenters. The predicted octanol–water partition coefficient (Wildman–Crippen LogP) is 4.44. The largest absolute Gasteiger partial charge is 0.497 e. The minimum Gasteiger partial charge on any atom is -0.497 e. The van der Waals surface area contributed by atoms with Crippen LogP contribution in [0.2, 0.25) is 0 Å². The molecule has 158 valence electrons. The van der Waals surface area contributed by atoms with Crippen molar-refractivity contribution in [2.24, 2.45) is 0 Å². The summed E-state index contributed by atoms with van der Waals surface area (Å²) in [6.07, 6.45) is 0.132. The Morgan fingerprint density at radius 1 is 1.03 bits per heavy atom. The van der Waals surface area contributed by atoms with Crippen molar-refractivity contribution in [2.45, 2.75) is 19.4 Å². The zero-order chi connectivity index (χ0) is 22.0. The lowest BCUT2D eigenvalue weighted by molar-refractivity contribution is -0.139. The number of carboxylic acids is 1. The highest BCUT2D eigenvalue weighted by Gasteiger charge is 2.23. The molecule has 4 aromatic rings. The molecule has 1 atom stereocenters. The molecule has 0 aliphatic rings. The van der Waals surface area contributed by atoms with Crippen LogP contribution in [-0.4, -0.2) is 30.1 Å². The van der Waals surface area contributed by atoms with Gasteiger partial charge in [0, 0.05) is 17.4 Å². The van der Waals surface area contributed by atoms with E-state index in [1.165, 1.54) is 0 Å². The van der Waals surface area contributed by atoms with E-state index in [0.717, 1.165) is 22.6 Å². The average molecular weight is 419 g/mol. The number of hydrogen-bond acceptors (Lipinski definition) is 5. The van der Waals surface area contributed by atoms with Crippen molar-refractivity contribution in [3.63, 3.8) is 0 Å². The number of hydrogen-bond donors (Lipinski definition) is 2. The van der Waals surface area contributed by atoms with Gasteiger partial charge in [0.05, 0.1) is 7.11 Å². The Kier molecular flexibility index (Phi) is 5.49. The predicted molar refractivity (Wildman–Crippen MR) is 114 cm³/mol. The Bertz CT molecular complexity index is 1230. The Morgan fingerprint density at radius 3 is 2.45 bits per heavy atom. The number of nitrogens with one attached hydrogen (secondary N) is 1. The number of aliphatic carboxylic acids is 1. The number of carbonyl (C=O) groups is 2. The molecule has 1 amide bonds. The van der Waals surface area contributed by atoms with Gasteiger partial charge in [-0.25, -0.2) is 4.79 Å². The standard InChI is InChI=1S/C24H21NO6/c1-14-3-9-20(30-14)16-6-4-15(5-7-16)11-19(24(27)28)25-23(26)22-13-17-12-18(29-2)8-10-21(17)31-22/h3-10,12-13,19H,11H2,1-2H3,(H,25,26)(H,27,28). The van der Waals surface area contributed by atoms with Crippen LogP contribution in [0.5, 0.6) is 5.75 Å². The van der Waals surface area contributed by atoms with Gasteiger partial charge >= 0.3 is 5.97 Å². The van der Waals surface area contributed by atoms with Crippen LogP contribution < -0.4 is 10.1 Å². The van der Waals surface area contributed by atoms with Crippen LogP contribution in [-0.2, 0) is 11.2 Å². The third-order valence-electron chi connectivity index (χ3n) is 4.97. The van der Waals surface area contributed by atoms with E-state index in [9.17, 15) is 14.7 Å². The lowest BCUT2D eigenvalue weighted by Gasteiger charge is -2.14. The molecule has 7 nitrogen and oxygen atoms in total. The maximum atomic E-state index is 12.6. The molecule has 0 fully saturated rings. The molecule has 2 aromatic carbocycles. The highest BCUT2D eigenvalue weighted by molar-refractivity contribution is 5.98. The number of ether oxygens (including phenoxy) is 1. The summed E-state index contributed by atoms with van der Waals surface area (Å²) in [5.74, 6) is 0.516. The van der Waals surface area contributed by atoms with Crippen molar-refractivity contribution >= 4 is 22.8 Å². The van der Waals surface area contributed by atoms with Gasteiger partial charge in [0.2, 0.25) is 0 Å². The van der Waals surface area contributed by atoms with Crippen LogP contribution in [0.4, 0.5) is 0 Å². The number of aryl methyl sites for hydroxylation is 1. The summed E-state index contributed by atoms with van der Waals surface area (Å²) in [4.78, 5) is 24.3. The average Bonchev–Trinajstić information content (AvgIpc) is 3.39. The van der Waals surface area contributed by atoms with Gasteiger partial charge in [-0.2, -0.15) is 0 Å². The van der Waals surface area contributed by atoms with Gasteiger partial charge in [0.1, 0.15) is 28.9 Å². The second kappa shape index (κ2) is 8.39. The fourth-order valence-corrected chi connectivity index (χ4v) is 3.32. The third kappa shape index (κ3) is 4.45. The molecule has 0 aliphatic heterocycles. The molecule has 0 spiro atoms. The second-order valence-electron chi connectivity index (χ2n) is 7.19. The molecule has 0 radical (unpaired) electrons. The maximum absolute atomic E-state index is 12.6. The molecular weight excluding hydrogens is 398 g/mol. The van der Waals surface area contributed by atoms with Gasteiger partial charge in [0.25, 0.3) is 5.91 Å². The van der Waals surface area contributed by atoms with Gasteiger partial charge in [0.15, 0.2) is 5.76 Å². The number of carboxylic acid groups (broad SMARTS) is 1. The molecule has 0 aliphatic carbocycles. The first-order valence-electron chi connectivity index (χ1n) is 9.70. The minimum absolute atomic E-state index is 0.0399. The fourth-order valence-electron chi connectivity index (χ4n) is 3.32. The van der Waals surface area contributed by atoms with E-state index in [1.54, 1.807) is 31.4 Å². The van der Waals surface area contributed by atoms with Gasteiger partial charge in [-0.3, -0.25) is 4.79 Å². The first kappa shape index (κ1) is 20.3. The van der Waals surface area contributed by atoms with E-state index in [2.05, 4.69) is 5.32 Å². The first-order chi connectivity index (χ1) is 14.9. The van der Waals surface area contributed by atoms with Crippen molar-refractivity contribution in [3.05, 3.63) is 77.7 Å². The monoisotopic (exact) mass is 419 g/mol. The summed E-state index contributed by atoms with van der Waals surface area (Å²) in [5, 5.41) is 12.8. The van der Waals surface area contributed by atoms with Crippen LogP contribution in [0.25, 0.3) is 22.3 Å². The van der Waals surface area contributed by atoms with Gasteiger partial charge in [-0.15, -0.1) is 0 Å². The topological polar surface area (TPSA) is 102 Å². The molecule has 4 rings (SSSR count). The summed E-state index contributed by atoms with van der Waals surface area (Å²) in [7, 11) is 1.55. The number of carbonyl (C=O) groups excluding carboxylic acids is 1. The molecule has 31 heavy (non-hydrogen) atoms. The lowest BCUT2D eigenvalue weighted by Crippen LogP contribution is -2.42. The number of amides is 1. The molecule has 0 saturated carbocycles. The Balaban J connectivity index is 1.47. The molecule has 2 aromatic heterocycles. The number of rotatable bonds is 7. The van der Waals surface area contributed by atoms with Crippen LogP contribution >= 0.6 is 0 Å². The highest BCUT2D eigenvalue weighted by Crippen LogP contribution is 2.25. The van der Waals surface area contributed by atoms with Crippen molar-refractivity contribution in [2.75, 3.05) is 7.11 Å². The second-order valence-corrected chi connectivity index (χ2v) is 7.19. The maximum Gasteiger partial charge on any atom is 0.326 e. The number of furan rings is 2. The summed E-state index contributed by atoms with van der Waals surface area (Å²) >= 11 is 0. The van der Waals surface area contributed by atoms with Gasteiger partial charge < -0.3 is 24.0 Å². The van der Waals surface area contributed by atoms with E-state index < -0.39 is 17.9 Å². The molecule has 2 N–H and O–H groups in total. The summed E-state index contributed by atoms with van der Waals surface area (Å²) in [6.45, 7) is 1.87. The first-order valence-corrected chi connectivity index (χ1v) is 9.70. The van der Waals surface area contributed by atoms with Crippen molar-refractivity contribution in [3.8, 4) is 17.1 Å². The number of fused-ring (bicyclic) bond motifs is 1. The third-order valence-corrected chi connectivity index (χ3v) is 4.97. The van der Waals surface area contributed by atoms with Gasteiger partial charge in [-0.1, -0.05) is 24.3 Å². The zero-order valence-corrected chi connectivity index (χ0v) is 17.0. The van der Waals surface area contributed by atoms with E-state index in [0.29, 0.717) is 16.7 Å². The summed E-state index contributed by atoms with van der Waals surface area (Å²) in [6, 6.07) is 16.8. The highest BCUT2D eigenvalue weighted by atomic mass is 16.5. The normalized spacial score (nSPS) is 11.9. The Labute approximate surface area is 178 Å². The minimum atomic E-state index is -1.13. The van der Waals surface area contributed by atoms with Crippen LogP contribution in [0.1, 0.15) is 21.9 Å². The molecular formula is C24H21NO6. The molecule has 7 heteroatoms. The Hall–Kier alpha value is -4.00. The Morgan fingerprint density at radius 2 is 1.81 bits per heavy atom. The number of methoxy groups -OCH3 is 1. The molecule has 0 bridgehead atoms. The SMILES string of the molecule is COc1ccc2oc(C(=O)NC(Cc3ccc(-c4ccc(C)o4)cc3)C(=O)O)cc2c1. The van der Waals surface area contributed by atoms with Crippen molar-refractivity contribution in [1.29, 1.82) is 0 Å². The van der Waals surface area contributed by atoms with Crippen LogP contribution in [0.15, 0.2) is 69.5 Å². The molecule has 0 saturated heterocycles. The quantitative estimate of drug-likeness (QED) is 0.459. The van der Waals surface area contributed by atoms with E-state index in [1.807, 2.05) is 43.3 Å².